The van der Waals surface area contributed by atoms with Crippen LogP contribution in [0.4, 0.5) is 10.1 Å². The second-order valence-corrected chi connectivity index (χ2v) is 4.46. The van der Waals surface area contributed by atoms with E-state index in [0.717, 1.165) is 24.3 Å². The lowest BCUT2D eigenvalue weighted by Crippen LogP contribution is -2.23. The molecule has 0 aliphatic carbocycles. The third-order valence-electron chi connectivity index (χ3n) is 3.27. The third-order valence-corrected chi connectivity index (χ3v) is 3.27. The number of hydrogen-bond acceptors (Lipinski definition) is 2. The summed E-state index contributed by atoms with van der Waals surface area (Å²) in [5.41, 5.74) is 9.16. The average molecular weight is 258 g/mol. The highest BCUT2D eigenvalue weighted by molar-refractivity contribution is 5.47. The molecule has 0 atom stereocenters. The maximum atomic E-state index is 13.0. The average Bonchev–Trinajstić information content (AvgIpc) is 2.46. The molecule has 0 fully saturated rings. The molecule has 0 aliphatic rings. The normalized spacial score (nSPS) is 10.5. The van der Waals surface area contributed by atoms with E-state index in [0.29, 0.717) is 6.54 Å². The molecule has 100 valence electrons. The van der Waals surface area contributed by atoms with Gasteiger partial charge in [-0.15, -0.1) is 0 Å². The van der Waals surface area contributed by atoms with Crippen molar-refractivity contribution >= 4 is 5.69 Å². The van der Waals surface area contributed by atoms with Crippen LogP contribution in [0, 0.1) is 5.82 Å². The summed E-state index contributed by atoms with van der Waals surface area (Å²) in [5.74, 6) is -0.206. The van der Waals surface area contributed by atoms with Gasteiger partial charge in [0.15, 0.2) is 0 Å². The number of benzene rings is 2. The van der Waals surface area contributed by atoms with Gasteiger partial charge in [0.25, 0.3) is 0 Å². The molecule has 0 heterocycles. The van der Waals surface area contributed by atoms with Crippen molar-refractivity contribution in [2.24, 2.45) is 5.73 Å². The number of hydrogen-bond donors (Lipinski definition) is 1. The standard InChI is InChI=1S/C16H19FN2/c1-2-19(16-9-7-15(17)8-10-16)12-14-6-4-3-5-13(14)11-18/h3-10H,2,11-12,18H2,1H3. The van der Waals surface area contributed by atoms with E-state index in [4.69, 9.17) is 5.73 Å². The largest absolute Gasteiger partial charge is 0.367 e. The van der Waals surface area contributed by atoms with E-state index in [9.17, 15) is 4.39 Å². The Morgan fingerprint density at radius 1 is 1.00 bits per heavy atom. The Morgan fingerprint density at radius 3 is 2.21 bits per heavy atom. The summed E-state index contributed by atoms with van der Waals surface area (Å²) in [6.07, 6.45) is 0. The van der Waals surface area contributed by atoms with Crippen molar-refractivity contribution in [1.29, 1.82) is 0 Å². The molecule has 0 saturated heterocycles. The van der Waals surface area contributed by atoms with Gasteiger partial charge in [0.05, 0.1) is 0 Å². The van der Waals surface area contributed by atoms with Crippen LogP contribution < -0.4 is 10.6 Å². The summed E-state index contributed by atoms with van der Waals surface area (Å²) < 4.78 is 13.0. The molecule has 2 aromatic rings. The Balaban J connectivity index is 2.21. The van der Waals surface area contributed by atoms with Crippen molar-refractivity contribution in [2.75, 3.05) is 11.4 Å². The van der Waals surface area contributed by atoms with Gasteiger partial charge in [-0.2, -0.15) is 0 Å². The minimum atomic E-state index is -0.206. The van der Waals surface area contributed by atoms with E-state index < -0.39 is 0 Å². The fraction of sp³-hybridized carbons (Fsp3) is 0.250. The summed E-state index contributed by atoms with van der Waals surface area (Å²) in [6.45, 7) is 4.28. The van der Waals surface area contributed by atoms with Gasteiger partial charge >= 0.3 is 0 Å². The first-order valence-electron chi connectivity index (χ1n) is 6.52. The van der Waals surface area contributed by atoms with E-state index in [1.54, 1.807) is 0 Å². The van der Waals surface area contributed by atoms with Crippen LogP contribution in [-0.2, 0) is 13.1 Å². The lowest BCUT2D eigenvalue weighted by Gasteiger charge is -2.24. The summed E-state index contributed by atoms with van der Waals surface area (Å²) in [7, 11) is 0. The fourth-order valence-electron chi connectivity index (χ4n) is 2.15. The van der Waals surface area contributed by atoms with E-state index in [1.165, 1.54) is 17.7 Å². The number of rotatable bonds is 5. The highest BCUT2D eigenvalue weighted by Crippen LogP contribution is 2.19. The zero-order chi connectivity index (χ0) is 13.7. The van der Waals surface area contributed by atoms with Crippen molar-refractivity contribution in [3.63, 3.8) is 0 Å². The maximum absolute atomic E-state index is 13.0. The number of halogens is 1. The topological polar surface area (TPSA) is 29.3 Å². The maximum Gasteiger partial charge on any atom is 0.123 e. The number of nitrogens with zero attached hydrogens (tertiary/aromatic N) is 1. The van der Waals surface area contributed by atoms with Crippen molar-refractivity contribution < 1.29 is 4.39 Å². The van der Waals surface area contributed by atoms with Gasteiger partial charge in [-0.25, -0.2) is 4.39 Å². The first kappa shape index (κ1) is 13.6. The van der Waals surface area contributed by atoms with Crippen LogP contribution in [0.3, 0.4) is 0 Å². The highest BCUT2D eigenvalue weighted by Gasteiger charge is 2.08. The van der Waals surface area contributed by atoms with E-state index >= 15 is 0 Å². The molecule has 0 aliphatic heterocycles. The smallest absolute Gasteiger partial charge is 0.123 e. The number of anilines is 1. The Kier molecular flexibility index (Phi) is 4.53. The van der Waals surface area contributed by atoms with Crippen LogP contribution in [0.25, 0.3) is 0 Å². The molecular formula is C16H19FN2. The minimum absolute atomic E-state index is 0.206. The number of nitrogens with two attached hydrogens (primary N) is 1. The fourth-order valence-corrected chi connectivity index (χ4v) is 2.15. The molecule has 0 aromatic heterocycles. The molecule has 0 amide bonds. The summed E-state index contributed by atoms with van der Waals surface area (Å²) in [4.78, 5) is 2.20. The van der Waals surface area contributed by atoms with Crippen molar-refractivity contribution in [2.45, 2.75) is 20.0 Å². The second kappa shape index (κ2) is 6.34. The molecule has 0 spiro atoms. The van der Waals surface area contributed by atoms with Gasteiger partial charge in [-0.3, -0.25) is 0 Å². The van der Waals surface area contributed by atoms with Crippen LogP contribution in [0.15, 0.2) is 48.5 Å². The molecule has 0 saturated carbocycles. The van der Waals surface area contributed by atoms with Crippen molar-refractivity contribution in [3.8, 4) is 0 Å². The predicted molar refractivity (Wildman–Crippen MR) is 77.5 cm³/mol. The predicted octanol–water partition coefficient (Wildman–Crippen LogP) is 3.31. The summed E-state index contributed by atoms with van der Waals surface area (Å²) >= 11 is 0. The van der Waals surface area contributed by atoms with E-state index in [2.05, 4.69) is 17.9 Å². The molecule has 19 heavy (non-hydrogen) atoms. The lowest BCUT2D eigenvalue weighted by atomic mass is 10.1. The Labute approximate surface area is 113 Å². The molecular weight excluding hydrogens is 239 g/mol. The van der Waals surface area contributed by atoms with Gasteiger partial charge in [0.1, 0.15) is 5.82 Å². The molecule has 2 nitrogen and oxygen atoms in total. The minimum Gasteiger partial charge on any atom is -0.367 e. The first-order valence-corrected chi connectivity index (χ1v) is 6.52. The first-order chi connectivity index (χ1) is 9.24. The summed E-state index contributed by atoms with van der Waals surface area (Å²) in [6, 6.07) is 14.8. The molecule has 0 unspecified atom stereocenters. The van der Waals surface area contributed by atoms with E-state index in [1.807, 2.05) is 30.3 Å². The van der Waals surface area contributed by atoms with E-state index in [-0.39, 0.29) is 5.82 Å². The van der Waals surface area contributed by atoms with Gasteiger partial charge in [0, 0.05) is 25.3 Å². The van der Waals surface area contributed by atoms with Gasteiger partial charge in [-0.1, -0.05) is 24.3 Å². The summed E-state index contributed by atoms with van der Waals surface area (Å²) in [5, 5.41) is 0. The molecule has 2 aromatic carbocycles. The zero-order valence-electron chi connectivity index (χ0n) is 11.1. The molecule has 0 radical (unpaired) electrons. The van der Waals surface area contributed by atoms with Gasteiger partial charge in [0.2, 0.25) is 0 Å². The van der Waals surface area contributed by atoms with Crippen LogP contribution in [0.2, 0.25) is 0 Å². The van der Waals surface area contributed by atoms with Crippen LogP contribution >= 0.6 is 0 Å². The van der Waals surface area contributed by atoms with Crippen LogP contribution in [0.5, 0.6) is 0 Å². The van der Waals surface area contributed by atoms with Crippen LogP contribution in [-0.4, -0.2) is 6.54 Å². The molecule has 2 N–H and O–H groups in total. The van der Waals surface area contributed by atoms with Crippen molar-refractivity contribution in [1.82, 2.24) is 0 Å². The Bertz CT molecular complexity index is 523. The van der Waals surface area contributed by atoms with Gasteiger partial charge < -0.3 is 10.6 Å². The Morgan fingerprint density at radius 2 is 1.63 bits per heavy atom. The Hall–Kier alpha value is -1.87. The van der Waals surface area contributed by atoms with Gasteiger partial charge in [-0.05, 0) is 42.3 Å². The third kappa shape index (κ3) is 3.32. The van der Waals surface area contributed by atoms with Crippen LogP contribution in [0.1, 0.15) is 18.1 Å². The molecule has 2 rings (SSSR count). The quantitative estimate of drug-likeness (QED) is 0.891. The zero-order valence-corrected chi connectivity index (χ0v) is 11.1. The SMILES string of the molecule is CCN(Cc1ccccc1CN)c1ccc(F)cc1. The monoisotopic (exact) mass is 258 g/mol. The lowest BCUT2D eigenvalue weighted by molar-refractivity contribution is 0.627. The van der Waals surface area contributed by atoms with Crippen molar-refractivity contribution in [3.05, 3.63) is 65.5 Å². The molecule has 3 heteroatoms. The highest BCUT2D eigenvalue weighted by atomic mass is 19.1. The second-order valence-electron chi connectivity index (χ2n) is 4.46. The molecule has 0 bridgehead atoms.